The SMILES string of the molecule is CC1(C(=O)N2CCc3sccc3C2C(=O)O)COCC1N. The minimum Gasteiger partial charge on any atom is -0.479 e. The highest BCUT2D eigenvalue weighted by atomic mass is 32.1. The van der Waals surface area contributed by atoms with E-state index in [4.69, 9.17) is 10.5 Å². The smallest absolute Gasteiger partial charge is 0.331 e. The zero-order valence-corrected chi connectivity index (χ0v) is 12.6. The minimum absolute atomic E-state index is 0.225. The number of carboxylic acid groups (broad SMARTS) is 1. The van der Waals surface area contributed by atoms with Gasteiger partial charge in [0.2, 0.25) is 5.91 Å². The molecule has 1 fully saturated rings. The van der Waals surface area contributed by atoms with Gasteiger partial charge in [0.1, 0.15) is 0 Å². The molecule has 2 aliphatic rings. The van der Waals surface area contributed by atoms with E-state index in [1.807, 2.05) is 5.38 Å². The van der Waals surface area contributed by atoms with E-state index in [9.17, 15) is 14.7 Å². The maximum Gasteiger partial charge on any atom is 0.331 e. The maximum absolute atomic E-state index is 12.9. The fraction of sp³-hybridized carbons (Fsp3) is 0.571. The number of aliphatic carboxylic acids is 1. The van der Waals surface area contributed by atoms with Gasteiger partial charge in [-0.2, -0.15) is 0 Å². The topological polar surface area (TPSA) is 92.9 Å². The summed E-state index contributed by atoms with van der Waals surface area (Å²) in [7, 11) is 0. The first-order valence-corrected chi connectivity index (χ1v) is 7.76. The molecule has 3 heterocycles. The summed E-state index contributed by atoms with van der Waals surface area (Å²) in [6, 6.07) is 0.478. The normalized spacial score (nSPS) is 32.0. The summed E-state index contributed by atoms with van der Waals surface area (Å²) in [5, 5.41) is 11.4. The van der Waals surface area contributed by atoms with Crippen molar-refractivity contribution in [3.05, 3.63) is 21.9 Å². The van der Waals surface area contributed by atoms with Crippen LogP contribution in [0.3, 0.4) is 0 Å². The predicted octanol–water partition coefficient (Wildman–Crippen LogP) is 0.622. The molecule has 1 amide bonds. The Morgan fingerprint density at radius 2 is 2.33 bits per heavy atom. The lowest BCUT2D eigenvalue weighted by Gasteiger charge is -2.39. The summed E-state index contributed by atoms with van der Waals surface area (Å²) in [5.74, 6) is -1.23. The molecule has 7 heteroatoms. The average molecular weight is 310 g/mol. The van der Waals surface area contributed by atoms with Crippen molar-refractivity contribution in [3.63, 3.8) is 0 Å². The zero-order valence-electron chi connectivity index (χ0n) is 11.7. The lowest BCUT2D eigenvalue weighted by atomic mass is 9.83. The number of hydrogen-bond acceptors (Lipinski definition) is 5. The molecule has 2 aliphatic heterocycles. The molecular weight excluding hydrogens is 292 g/mol. The molecule has 0 bridgehead atoms. The number of carbonyl (C=O) groups excluding carboxylic acids is 1. The number of fused-ring (bicyclic) bond motifs is 1. The van der Waals surface area contributed by atoms with Crippen LogP contribution in [0.15, 0.2) is 11.4 Å². The first-order chi connectivity index (χ1) is 9.95. The fourth-order valence-electron chi connectivity index (χ4n) is 3.04. The Kier molecular flexibility index (Phi) is 3.51. The van der Waals surface area contributed by atoms with Crippen LogP contribution in [0.5, 0.6) is 0 Å². The molecule has 21 heavy (non-hydrogen) atoms. The number of nitrogens with zero attached hydrogens (tertiary/aromatic N) is 1. The van der Waals surface area contributed by atoms with Gasteiger partial charge in [-0.1, -0.05) is 0 Å². The Morgan fingerprint density at radius 3 is 2.95 bits per heavy atom. The monoisotopic (exact) mass is 310 g/mol. The Balaban J connectivity index is 1.95. The standard InChI is InChI=1S/C14H18N2O4S/c1-14(7-20-6-10(14)15)13(19)16-4-2-9-8(3-5-21-9)11(16)12(17)18/h3,5,10-11H,2,4,6-7,15H2,1H3,(H,17,18). The van der Waals surface area contributed by atoms with Gasteiger partial charge in [0.15, 0.2) is 6.04 Å². The van der Waals surface area contributed by atoms with Crippen LogP contribution in [0, 0.1) is 5.41 Å². The van der Waals surface area contributed by atoms with E-state index < -0.39 is 23.5 Å². The summed E-state index contributed by atoms with van der Waals surface area (Å²) >= 11 is 1.54. The van der Waals surface area contributed by atoms with Crippen LogP contribution in [0.2, 0.25) is 0 Å². The first-order valence-electron chi connectivity index (χ1n) is 6.88. The summed E-state index contributed by atoms with van der Waals surface area (Å²) in [6.45, 7) is 2.74. The zero-order chi connectivity index (χ0) is 15.2. The van der Waals surface area contributed by atoms with Gasteiger partial charge in [-0.05, 0) is 30.4 Å². The fourth-order valence-corrected chi connectivity index (χ4v) is 3.94. The van der Waals surface area contributed by atoms with Gasteiger partial charge >= 0.3 is 5.97 Å². The van der Waals surface area contributed by atoms with Crippen molar-refractivity contribution in [2.45, 2.75) is 25.4 Å². The molecule has 1 aromatic rings. The summed E-state index contributed by atoms with van der Waals surface area (Å²) in [5.41, 5.74) is 5.88. The molecule has 3 unspecified atom stereocenters. The number of nitrogens with two attached hydrogens (primary N) is 1. The molecule has 3 atom stereocenters. The van der Waals surface area contributed by atoms with E-state index in [0.717, 1.165) is 10.4 Å². The van der Waals surface area contributed by atoms with Crippen molar-refractivity contribution in [1.82, 2.24) is 4.90 Å². The molecule has 3 rings (SSSR count). The van der Waals surface area contributed by atoms with Gasteiger partial charge in [-0.3, -0.25) is 4.79 Å². The molecule has 0 aliphatic carbocycles. The second kappa shape index (κ2) is 5.08. The second-order valence-electron chi connectivity index (χ2n) is 5.83. The Hall–Kier alpha value is -1.44. The van der Waals surface area contributed by atoms with Crippen LogP contribution in [0.1, 0.15) is 23.4 Å². The molecule has 1 saturated heterocycles. The number of rotatable bonds is 2. The number of amides is 1. The minimum atomic E-state index is -1.00. The van der Waals surface area contributed by atoms with E-state index >= 15 is 0 Å². The number of carbonyl (C=O) groups is 2. The third kappa shape index (κ3) is 2.16. The van der Waals surface area contributed by atoms with Crippen LogP contribution in [-0.2, 0) is 20.7 Å². The highest BCUT2D eigenvalue weighted by molar-refractivity contribution is 7.10. The molecule has 0 spiro atoms. The Labute approximate surface area is 126 Å². The third-order valence-electron chi connectivity index (χ3n) is 4.47. The molecule has 0 saturated carbocycles. The quantitative estimate of drug-likeness (QED) is 0.835. The average Bonchev–Trinajstić information content (AvgIpc) is 3.04. The lowest BCUT2D eigenvalue weighted by Crippen LogP contribution is -2.54. The van der Waals surface area contributed by atoms with E-state index in [2.05, 4.69) is 0 Å². The van der Waals surface area contributed by atoms with Crippen molar-refractivity contribution in [1.29, 1.82) is 0 Å². The van der Waals surface area contributed by atoms with E-state index in [1.165, 1.54) is 4.90 Å². The van der Waals surface area contributed by atoms with Gasteiger partial charge in [0.05, 0.1) is 18.6 Å². The third-order valence-corrected chi connectivity index (χ3v) is 5.46. The highest BCUT2D eigenvalue weighted by Gasteiger charge is 2.49. The number of thiophene rings is 1. The predicted molar refractivity (Wildman–Crippen MR) is 77.0 cm³/mol. The Bertz CT molecular complexity index is 587. The second-order valence-corrected chi connectivity index (χ2v) is 6.83. The van der Waals surface area contributed by atoms with Gasteiger partial charge < -0.3 is 20.5 Å². The van der Waals surface area contributed by atoms with Crippen molar-refractivity contribution in [3.8, 4) is 0 Å². The Morgan fingerprint density at radius 1 is 1.57 bits per heavy atom. The van der Waals surface area contributed by atoms with Crippen LogP contribution >= 0.6 is 11.3 Å². The molecule has 6 nitrogen and oxygen atoms in total. The molecule has 114 valence electrons. The van der Waals surface area contributed by atoms with E-state index in [1.54, 1.807) is 24.3 Å². The van der Waals surface area contributed by atoms with Crippen molar-refractivity contribution >= 4 is 23.2 Å². The molecule has 3 N–H and O–H groups in total. The summed E-state index contributed by atoms with van der Waals surface area (Å²) in [4.78, 5) is 27.1. The van der Waals surface area contributed by atoms with Gasteiger partial charge in [0.25, 0.3) is 0 Å². The maximum atomic E-state index is 12.9. The van der Waals surface area contributed by atoms with Crippen LogP contribution < -0.4 is 5.73 Å². The number of carboxylic acids is 1. The first kappa shape index (κ1) is 14.5. The van der Waals surface area contributed by atoms with Gasteiger partial charge in [-0.25, -0.2) is 4.79 Å². The summed E-state index contributed by atoms with van der Waals surface area (Å²) in [6.07, 6.45) is 0.689. The van der Waals surface area contributed by atoms with Gasteiger partial charge in [-0.15, -0.1) is 11.3 Å². The van der Waals surface area contributed by atoms with Crippen molar-refractivity contribution in [2.24, 2.45) is 11.1 Å². The molecule has 1 aromatic heterocycles. The van der Waals surface area contributed by atoms with Crippen molar-refractivity contribution in [2.75, 3.05) is 19.8 Å². The summed E-state index contributed by atoms with van der Waals surface area (Å²) < 4.78 is 5.32. The van der Waals surface area contributed by atoms with Crippen LogP contribution in [-0.4, -0.2) is 47.7 Å². The lowest BCUT2D eigenvalue weighted by molar-refractivity contribution is -0.156. The molecule has 0 aromatic carbocycles. The van der Waals surface area contributed by atoms with Crippen molar-refractivity contribution < 1.29 is 19.4 Å². The molecule has 0 radical (unpaired) electrons. The highest BCUT2D eigenvalue weighted by Crippen LogP contribution is 2.38. The number of ether oxygens (including phenoxy) is 1. The van der Waals surface area contributed by atoms with Gasteiger partial charge in [0, 0.05) is 17.5 Å². The van der Waals surface area contributed by atoms with E-state index in [0.29, 0.717) is 19.6 Å². The van der Waals surface area contributed by atoms with Crippen LogP contribution in [0.25, 0.3) is 0 Å². The van der Waals surface area contributed by atoms with E-state index in [-0.39, 0.29) is 12.5 Å². The van der Waals surface area contributed by atoms with Crippen LogP contribution in [0.4, 0.5) is 0 Å². The largest absolute Gasteiger partial charge is 0.479 e. The molecular formula is C14H18N2O4S. The number of hydrogen-bond donors (Lipinski definition) is 2.